The number of carbonyl (C=O) groups excluding carboxylic acids is 1. The molecule has 2 heterocycles. The number of aromatic nitrogens is 2. The molecule has 2 aromatic rings. The van der Waals surface area contributed by atoms with Crippen LogP contribution in [0.1, 0.15) is 12.5 Å². The van der Waals surface area contributed by atoms with Crippen molar-refractivity contribution in [3.8, 4) is 0 Å². The maximum atomic E-state index is 11.0. The van der Waals surface area contributed by atoms with Gasteiger partial charge in [0, 0.05) is 24.7 Å². The molecule has 0 aliphatic rings. The van der Waals surface area contributed by atoms with E-state index in [0.717, 1.165) is 16.5 Å². The predicted molar refractivity (Wildman–Crippen MR) is 64.5 cm³/mol. The number of fused-ring (bicyclic) bond motifs is 1. The van der Waals surface area contributed by atoms with Gasteiger partial charge in [0.1, 0.15) is 0 Å². The average Bonchev–Trinajstić information content (AvgIpc) is 2.71. The highest BCUT2D eigenvalue weighted by Gasteiger charge is 2.12. The van der Waals surface area contributed by atoms with Crippen molar-refractivity contribution >= 4 is 16.8 Å². The second-order valence-electron chi connectivity index (χ2n) is 4.02. The summed E-state index contributed by atoms with van der Waals surface area (Å²) in [6.45, 7) is 1.37. The van der Waals surface area contributed by atoms with Crippen molar-refractivity contribution in [3.05, 3.63) is 30.2 Å². The lowest BCUT2D eigenvalue weighted by atomic mass is 10.1. The van der Waals surface area contributed by atoms with Crippen molar-refractivity contribution in [2.75, 3.05) is 6.61 Å². The summed E-state index contributed by atoms with van der Waals surface area (Å²) in [5, 5.41) is 13.0. The molecule has 0 bridgehead atoms. The van der Waals surface area contributed by atoms with Gasteiger partial charge in [-0.1, -0.05) is 0 Å². The van der Waals surface area contributed by atoms with Gasteiger partial charge in [-0.05, 0) is 18.1 Å². The summed E-state index contributed by atoms with van der Waals surface area (Å²) in [6.07, 6.45) is 5.97. The highest BCUT2D eigenvalue weighted by Crippen LogP contribution is 2.17. The van der Waals surface area contributed by atoms with Crippen molar-refractivity contribution in [2.45, 2.75) is 19.4 Å². The van der Waals surface area contributed by atoms with Crippen molar-refractivity contribution in [1.82, 2.24) is 15.3 Å². The van der Waals surface area contributed by atoms with Crippen LogP contribution < -0.4 is 5.32 Å². The third-order valence-electron chi connectivity index (χ3n) is 2.66. The standard InChI is InChI=1S/C12H15N3O2/c1-8(17)15-10(7-16)4-9-5-14-12-6-13-3-2-11(9)12/h2-3,5-6,10,14,16H,4,7H2,1H3,(H,15,17). The Morgan fingerprint density at radius 2 is 2.47 bits per heavy atom. The number of aliphatic hydroxyl groups is 1. The van der Waals surface area contributed by atoms with Crippen LogP contribution in [0.5, 0.6) is 0 Å². The molecule has 90 valence electrons. The predicted octanol–water partition coefficient (Wildman–Crippen LogP) is 0.602. The number of hydrogen-bond donors (Lipinski definition) is 3. The van der Waals surface area contributed by atoms with Gasteiger partial charge in [-0.15, -0.1) is 0 Å². The molecule has 1 unspecified atom stereocenters. The van der Waals surface area contributed by atoms with Gasteiger partial charge >= 0.3 is 0 Å². The van der Waals surface area contributed by atoms with Gasteiger partial charge in [-0.2, -0.15) is 0 Å². The monoisotopic (exact) mass is 233 g/mol. The van der Waals surface area contributed by atoms with Crippen molar-refractivity contribution in [3.63, 3.8) is 0 Å². The normalized spacial score (nSPS) is 12.6. The Labute approximate surface area is 98.9 Å². The molecular formula is C12H15N3O2. The Morgan fingerprint density at radius 3 is 3.18 bits per heavy atom. The Balaban J connectivity index is 2.19. The molecule has 0 fully saturated rings. The molecule has 0 spiro atoms. The number of hydrogen-bond acceptors (Lipinski definition) is 3. The molecule has 2 rings (SSSR count). The minimum absolute atomic E-state index is 0.0721. The third-order valence-corrected chi connectivity index (χ3v) is 2.66. The number of H-pyrrole nitrogens is 1. The highest BCUT2D eigenvalue weighted by atomic mass is 16.3. The molecule has 0 aromatic carbocycles. The number of pyridine rings is 1. The first-order chi connectivity index (χ1) is 8.20. The number of nitrogens with one attached hydrogen (secondary N) is 2. The Kier molecular flexibility index (Phi) is 3.39. The van der Waals surface area contributed by atoms with Crippen LogP contribution in [-0.2, 0) is 11.2 Å². The Hall–Kier alpha value is -1.88. The van der Waals surface area contributed by atoms with Gasteiger partial charge in [-0.25, -0.2) is 0 Å². The Morgan fingerprint density at radius 1 is 1.65 bits per heavy atom. The first-order valence-corrected chi connectivity index (χ1v) is 5.48. The molecule has 0 saturated carbocycles. The van der Waals surface area contributed by atoms with E-state index in [1.807, 2.05) is 12.3 Å². The SMILES string of the molecule is CC(=O)NC(CO)Cc1c[nH]c2cnccc12. The lowest BCUT2D eigenvalue weighted by Gasteiger charge is -2.14. The molecule has 0 radical (unpaired) electrons. The van der Waals surface area contributed by atoms with Gasteiger partial charge in [-0.3, -0.25) is 9.78 Å². The van der Waals surface area contributed by atoms with E-state index in [1.54, 1.807) is 12.4 Å². The van der Waals surface area contributed by atoms with E-state index in [0.29, 0.717) is 6.42 Å². The fourth-order valence-corrected chi connectivity index (χ4v) is 1.92. The topological polar surface area (TPSA) is 78.0 Å². The zero-order valence-electron chi connectivity index (χ0n) is 9.60. The van der Waals surface area contributed by atoms with Crippen LogP contribution in [0, 0.1) is 0 Å². The number of rotatable bonds is 4. The lowest BCUT2D eigenvalue weighted by Crippen LogP contribution is -2.37. The minimum atomic E-state index is -0.250. The van der Waals surface area contributed by atoms with E-state index in [9.17, 15) is 9.90 Å². The number of amides is 1. The smallest absolute Gasteiger partial charge is 0.217 e. The molecule has 5 heteroatoms. The molecule has 5 nitrogen and oxygen atoms in total. The molecular weight excluding hydrogens is 218 g/mol. The van der Waals surface area contributed by atoms with Crippen LogP contribution in [0.3, 0.4) is 0 Å². The summed E-state index contributed by atoms with van der Waals surface area (Å²) < 4.78 is 0. The molecule has 0 aliphatic heterocycles. The summed E-state index contributed by atoms with van der Waals surface area (Å²) in [4.78, 5) is 18.1. The maximum Gasteiger partial charge on any atom is 0.217 e. The summed E-state index contributed by atoms with van der Waals surface area (Å²) in [7, 11) is 0. The van der Waals surface area contributed by atoms with E-state index in [4.69, 9.17) is 0 Å². The van der Waals surface area contributed by atoms with Crippen LogP contribution in [0.15, 0.2) is 24.7 Å². The number of aliphatic hydroxyl groups excluding tert-OH is 1. The number of aromatic amines is 1. The largest absolute Gasteiger partial charge is 0.394 e. The first kappa shape index (κ1) is 11.6. The van der Waals surface area contributed by atoms with E-state index in [2.05, 4.69) is 15.3 Å². The zero-order chi connectivity index (χ0) is 12.3. The molecule has 3 N–H and O–H groups in total. The first-order valence-electron chi connectivity index (χ1n) is 5.48. The van der Waals surface area contributed by atoms with Crippen molar-refractivity contribution < 1.29 is 9.90 Å². The van der Waals surface area contributed by atoms with E-state index in [1.165, 1.54) is 6.92 Å². The van der Waals surface area contributed by atoms with Crippen LogP contribution >= 0.6 is 0 Å². The quantitative estimate of drug-likeness (QED) is 0.723. The second kappa shape index (κ2) is 4.97. The zero-order valence-corrected chi connectivity index (χ0v) is 9.60. The number of nitrogens with zero attached hydrogens (tertiary/aromatic N) is 1. The molecule has 17 heavy (non-hydrogen) atoms. The third kappa shape index (κ3) is 2.62. The molecule has 0 aliphatic carbocycles. The Bertz CT molecular complexity index is 521. The maximum absolute atomic E-state index is 11.0. The van der Waals surface area contributed by atoms with Gasteiger partial charge < -0.3 is 15.4 Å². The molecule has 2 aromatic heterocycles. The van der Waals surface area contributed by atoms with Gasteiger partial charge in [0.25, 0.3) is 0 Å². The highest BCUT2D eigenvalue weighted by molar-refractivity contribution is 5.82. The second-order valence-corrected chi connectivity index (χ2v) is 4.02. The fraction of sp³-hybridized carbons (Fsp3) is 0.333. The van der Waals surface area contributed by atoms with E-state index in [-0.39, 0.29) is 18.6 Å². The molecule has 1 amide bonds. The average molecular weight is 233 g/mol. The molecule has 1 atom stereocenters. The van der Waals surface area contributed by atoms with Crippen LogP contribution in [-0.4, -0.2) is 33.6 Å². The van der Waals surface area contributed by atoms with Crippen LogP contribution in [0.4, 0.5) is 0 Å². The summed E-state index contributed by atoms with van der Waals surface area (Å²) >= 11 is 0. The fourth-order valence-electron chi connectivity index (χ4n) is 1.92. The van der Waals surface area contributed by atoms with Crippen molar-refractivity contribution in [1.29, 1.82) is 0 Å². The molecule has 0 saturated heterocycles. The lowest BCUT2D eigenvalue weighted by molar-refractivity contribution is -0.119. The summed E-state index contributed by atoms with van der Waals surface area (Å²) in [5.74, 6) is -0.134. The van der Waals surface area contributed by atoms with Gasteiger partial charge in [0.05, 0.1) is 24.4 Å². The van der Waals surface area contributed by atoms with E-state index < -0.39 is 0 Å². The number of carbonyl (C=O) groups is 1. The minimum Gasteiger partial charge on any atom is -0.394 e. The van der Waals surface area contributed by atoms with Crippen LogP contribution in [0.25, 0.3) is 10.9 Å². The van der Waals surface area contributed by atoms with E-state index >= 15 is 0 Å². The van der Waals surface area contributed by atoms with Gasteiger partial charge in [0.15, 0.2) is 0 Å². The van der Waals surface area contributed by atoms with Crippen molar-refractivity contribution in [2.24, 2.45) is 0 Å². The van der Waals surface area contributed by atoms with Crippen LogP contribution in [0.2, 0.25) is 0 Å². The summed E-state index contributed by atoms with van der Waals surface area (Å²) in [5.41, 5.74) is 2.03. The van der Waals surface area contributed by atoms with Gasteiger partial charge in [0.2, 0.25) is 5.91 Å². The summed E-state index contributed by atoms with van der Waals surface area (Å²) in [6, 6.07) is 1.67.